The first kappa shape index (κ1) is 21.8. The van der Waals surface area contributed by atoms with E-state index in [1.54, 1.807) is 51.1 Å². The van der Waals surface area contributed by atoms with E-state index < -0.39 is 38.2 Å². The van der Waals surface area contributed by atoms with Crippen LogP contribution < -0.4 is 11.1 Å². The van der Waals surface area contributed by atoms with Crippen LogP contribution in [0.4, 0.5) is 4.79 Å². The minimum atomic E-state index is -3.74. The number of ether oxygens (including phenoxy) is 1. The van der Waals surface area contributed by atoms with Crippen LogP contribution >= 0.6 is 15.9 Å². The maximum absolute atomic E-state index is 13.4. The van der Waals surface area contributed by atoms with Gasteiger partial charge >= 0.3 is 6.09 Å². The van der Waals surface area contributed by atoms with Crippen molar-refractivity contribution in [1.82, 2.24) is 5.32 Å². The zero-order valence-corrected chi connectivity index (χ0v) is 19.0. The molecule has 1 aliphatic carbocycles. The number of carbonyl (C=O) groups is 1. The quantitative estimate of drug-likeness (QED) is 0.680. The smallest absolute Gasteiger partial charge is 0.408 e. The normalized spacial score (nSPS) is 24.0. The predicted octanol–water partition coefficient (Wildman–Crippen LogP) is 3.61. The van der Waals surface area contributed by atoms with Crippen LogP contribution in [0.3, 0.4) is 0 Å². The molecule has 1 aliphatic rings. The van der Waals surface area contributed by atoms with E-state index in [1.165, 1.54) is 0 Å². The summed E-state index contributed by atoms with van der Waals surface area (Å²) in [7, 11) is -3.74. The summed E-state index contributed by atoms with van der Waals surface area (Å²) in [6.45, 7) is 5.21. The van der Waals surface area contributed by atoms with Crippen molar-refractivity contribution in [2.75, 3.05) is 6.54 Å². The van der Waals surface area contributed by atoms with Crippen LogP contribution in [0.2, 0.25) is 0 Å². The fourth-order valence-electron chi connectivity index (χ4n) is 3.70. The third-order valence-electron chi connectivity index (χ3n) is 4.96. The molecule has 3 rings (SSSR count). The average molecular weight is 481 g/mol. The fourth-order valence-corrected chi connectivity index (χ4v) is 6.33. The lowest BCUT2D eigenvalue weighted by atomic mass is 10.1. The van der Waals surface area contributed by atoms with Crippen molar-refractivity contribution in [1.29, 1.82) is 0 Å². The number of nitrogens with one attached hydrogen (secondary N) is 1. The molecule has 0 radical (unpaired) electrons. The van der Waals surface area contributed by atoms with E-state index >= 15 is 0 Å². The van der Waals surface area contributed by atoms with Gasteiger partial charge in [-0.25, -0.2) is 13.2 Å². The number of nitrogens with two attached hydrogens (primary N) is 1. The molecule has 3 N–H and O–H groups in total. The molecule has 0 aliphatic heterocycles. The zero-order chi connectivity index (χ0) is 21.4. The van der Waals surface area contributed by atoms with Crippen LogP contribution in [0, 0.1) is 0 Å². The summed E-state index contributed by atoms with van der Waals surface area (Å²) >= 11 is 3.39. The van der Waals surface area contributed by atoms with Crippen LogP contribution in [0.15, 0.2) is 64.0 Å². The minimum absolute atomic E-state index is 0.0380. The number of rotatable bonds is 5. The summed E-state index contributed by atoms with van der Waals surface area (Å²) in [6, 6.07) is 15.6. The molecule has 1 fully saturated rings. The molecule has 0 unspecified atom stereocenters. The molecule has 2 aromatic carbocycles. The summed E-state index contributed by atoms with van der Waals surface area (Å²) in [5.41, 5.74) is 4.99. The van der Waals surface area contributed by atoms with Gasteiger partial charge < -0.3 is 15.8 Å². The highest BCUT2D eigenvalue weighted by molar-refractivity contribution is 9.10. The molecule has 1 saturated carbocycles. The molecule has 8 heteroatoms. The Balaban J connectivity index is 2.03. The summed E-state index contributed by atoms with van der Waals surface area (Å²) < 4.78 is 33.1. The molecule has 0 spiro atoms. The van der Waals surface area contributed by atoms with E-state index in [9.17, 15) is 13.2 Å². The van der Waals surface area contributed by atoms with Gasteiger partial charge in [0.25, 0.3) is 0 Å². The Kier molecular flexibility index (Phi) is 5.82. The summed E-state index contributed by atoms with van der Waals surface area (Å²) in [5.74, 6) is -0.488. The molecule has 1 amide bonds. The highest BCUT2D eigenvalue weighted by atomic mass is 79.9. The first-order chi connectivity index (χ1) is 13.5. The molecular formula is C21H25BrN2O4S. The third-order valence-corrected chi connectivity index (χ3v) is 7.78. The number of hydrogen-bond donors (Lipinski definition) is 2. The number of alkyl carbamates (subject to hydrolysis) is 1. The van der Waals surface area contributed by atoms with Crippen molar-refractivity contribution in [2.45, 2.75) is 48.0 Å². The van der Waals surface area contributed by atoms with Gasteiger partial charge in [-0.2, -0.15) is 0 Å². The van der Waals surface area contributed by atoms with Gasteiger partial charge in [0.1, 0.15) is 10.9 Å². The van der Waals surface area contributed by atoms with E-state index in [-0.39, 0.29) is 11.4 Å². The van der Waals surface area contributed by atoms with Crippen molar-refractivity contribution < 1.29 is 17.9 Å². The van der Waals surface area contributed by atoms with E-state index in [4.69, 9.17) is 10.5 Å². The number of halogens is 1. The Morgan fingerprint density at radius 1 is 1.14 bits per heavy atom. The Hall–Kier alpha value is -1.90. The highest BCUT2D eigenvalue weighted by Gasteiger charge is 2.71. The predicted molar refractivity (Wildman–Crippen MR) is 115 cm³/mol. The number of sulfone groups is 1. The van der Waals surface area contributed by atoms with Gasteiger partial charge in [-0.05, 0) is 50.6 Å². The Bertz CT molecular complexity index is 988. The maximum atomic E-state index is 13.4. The first-order valence-electron chi connectivity index (χ1n) is 9.27. The fraction of sp³-hybridized carbons (Fsp3) is 0.381. The van der Waals surface area contributed by atoms with Gasteiger partial charge in [-0.3, -0.25) is 0 Å². The van der Waals surface area contributed by atoms with Crippen LogP contribution in [-0.2, 0) is 14.6 Å². The van der Waals surface area contributed by atoms with Gasteiger partial charge in [0.05, 0.1) is 10.4 Å². The SMILES string of the molecule is CC(C)(C)OC(=O)N[C@@]1(CN)[C@H](S(=O)(=O)c2ccccc2)[C@@H]1c1ccc(Br)cc1. The van der Waals surface area contributed by atoms with E-state index in [0.717, 1.165) is 10.0 Å². The Morgan fingerprint density at radius 2 is 1.72 bits per heavy atom. The second-order valence-electron chi connectivity index (χ2n) is 8.18. The second-order valence-corrected chi connectivity index (χ2v) is 11.2. The van der Waals surface area contributed by atoms with Gasteiger partial charge in [0.15, 0.2) is 9.84 Å². The number of carbonyl (C=O) groups excluding carboxylic acids is 1. The summed E-state index contributed by atoms with van der Waals surface area (Å²) in [5, 5.41) is 1.89. The molecule has 29 heavy (non-hydrogen) atoms. The van der Waals surface area contributed by atoms with Crippen molar-refractivity contribution in [3.05, 3.63) is 64.6 Å². The lowest BCUT2D eigenvalue weighted by Crippen LogP contribution is -2.49. The van der Waals surface area contributed by atoms with E-state index in [1.807, 2.05) is 24.3 Å². The molecular weight excluding hydrogens is 456 g/mol. The molecule has 0 bridgehead atoms. The lowest BCUT2D eigenvalue weighted by molar-refractivity contribution is 0.0497. The molecule has 6 nitrogen and oxygen atoms in total. The topological polar surface area (TPSA) is 98.5 Å². The van der Waals surface area contributed by atoms with E-state index in [2.05, 4.69) is 21.2 Å². The monoisotopic (exact) mass is 480 g/mol. The average Bonchev–Trinajstić information content (AvgIpc) is 3.31. The summed E-state index contributed by atoms with van der Waals surface area (Å²) in [4.78, 5) is 12.7. The van der Waals surface area contributed by atoms with Crippen LogP contribution in [-0.4, -0.2) is 37.4 Å². The highest BCUT2D eigenvalue weighted by Crippen LogP contribution is 2.57. The van der Waals surface area contributed by atoms with Crippen LogP contribution in [0.25, 0.3) is 0 Å². The minimum Gasteiger partial charge on any atom is -0.444 e. The number of amides is 1. The van der Waals surface area contributed by atoms with Crippen molar-refractivity contribution in [2.24, 2.45) is 5.73 Å². The first-order valence-corrected chi connectivity index (χ1v) is 11.6. The van der Waals surface area contributed by atoms with Gasteiger partial charge in [-0.1, -0.05) is 46.3 Å². The van der Waals surface area contributed by atoms with Gasteiger partial charge in [0, 0.05) is 16.9 Å². The van der Waals surface area contributed by atoms with Crippen molar-refractivity contribution >= 4 is 31.9 Å². The molecule has 0 aromatic heterocycles. The largest absolute Gasteiger partial charge is 0.444 e. The Morgan fingerprint density at radius 3 is 2.24 bits per heavy atom. The van der Waals surface area contributed by atoms with Crippen LogP contribution in [0.1, 0.15) is 32.3 Å². The molecule has 2 aromatic rings. The van der Waals surface area contributed by atoms with Crippen molar-refractivity contribution in [3.8, 4) is 0 Å². The standard InChI is InChI=1S/C21H25BrN2O4S/c1-20(2,3)28-19(25)24-21(13-23)17(14-9-11-15(22)12-10-14)18(21)29(26,27)16-7-5-4-6-8-16/h4-12,17-18H,13,23H2,1-3H3,(H,24,25)/t17-,18+,21+/m0/s1. The molecule has 156 valence electrons. The number of hydrogen-bond acceptors (Lipinski definition) is 5. The Labute approximate surface area is 179 Å². The number of benzene rings is 2. The second kappa shape index (κ2) is 7.74. The third kappa shape index (κ3) is 4.34. The van der Waals surface area contributed by atoms with Gasteiger partial charge in [0.2, 0.25) is 0 Å². The van der Waals surface area contributed by atoms with E-state index in [0.29, 0.717) is 0 Å². The summed E-state index contributed by atoms with van der Waals surface area (Å²) in [6.07, 6.45) is -0.684. The molecule has 0 heterocycles. The molecule has 3 atom stereocenters. The van der Waals surface area contributed by atoms with Crippen LogP contribution in [0.5, 0.6) is 0 Å². The molecule has 0 saturated heterocycles. The lowest BCUT2D eigenvalue weighted by Gasteiger charge is -2.24. The zero-order valence-electron chi connectivity index (χ0n) is 16.6. The maximum Gasteiger partial charge on any atom is 0.408 e. The van der Waals surface area contributed by atoms with Crippen molar-refractivity contribution in [3.63, 3.8) is 0 Å². The van der Waals surface area contributed by atoms with Gasteiger partial charge in [-0.15, -0.1) is 0 Å².